The first-order valence-corrected chi connectivity index (χ1v) is 5.84. The zero-order valence-corrected chi connectivity index (χ0v) is 10.0. The summed E-state index contributed by atoms with van der Waals surface area (Å²) in [6, 6.07) is 3.35. The molecule has 0 aliphatic heterocycles. The molecule has 2 aromatic rings. The van der Waals surface area contributed by atoms with Crippen LogP contribution in [-0.2, 0) is 13.6 Å². The maximum Gasteiger partial charge on any atom is 0.250 e. The second-order valence-corrected chi connectivity index (χ2v) is 4.52. The minimum absolute atomic E-state index is 0.000444. The zero-order chi connectivity index (χ0) is 11.5. The molecule has 2 heterocycles. The van der Waals surface area contributed by atoms with Gasteiger partial charge in [0.05, 0.1) is 23.4 Å². The van der Waals surface area contributed by atoms with Crippen LogP contribution in [0.15, 0.2) is 28.6 Å². The van der Waals surface area contributed by atoms with Gasteiger partial charge in [0.25, 0.3) is 0 Å². The summed E-state index contributed by atoms with van der Waals surface area (Å²) in [4.78, 5) is 16.6. The van der Waals surface area contributed by atoms with E-state index in [1.807, 2.05) is 12.4 Å². The summed E-state index contributed by atoms with van der Waals surface area (Å²) in [5.41, 5.74) is 3.84. The summed E-state index contributed by atoms with van der Waals surface area (Å²) >= 11 is 1.63. The van der Waals surface area contributed by atoms with Gasteiger partial charge < -0.3 is 9.88 Å². The first-order chi connectivity index (χ1) is 7.66. The van der Waals surface area contributed by atoms with E-state index in [9.17, 15) is 4.79 Å². The van der Waals surface area contributed by atoms with E-state index in [4.69, 9.17) is 0 Å². The van der Waals surface area contributed by atoms with E-state index >= 15 is 0 Å². The maximum atomic E-state index is 11.2. The van der Waals surface area contributed by atoms with Crippen molar-refractivity contribution in [2.45, 2.75) is 13.5 Å². The number of rotatable bonds is 3. The van der Waals surface area contributed by atoms with Crippen LogP contribution in [0, 0.1) is 6.92 Å². The Morgan fingerprint density at radius 1 is 1.50 bits per heavy atom. The normalized spacial score (nSPS) is 10.4. The molecule has 4 nitrogen and oxygen atoms in total. The molecule has 2 aromatic heterocycles. The van der Waals surface area contributed by atoms with E-state index in [0.29, 0.717) is 0 Å². The van der Waals surface area contributed by atoms with Crippen molar-refractivity contribution < 1.29 is 0 Å². The Morgan fingerprint density at radius 2 is 2.31 bits per heavy atom. The van der Waals surface area contributed by atoms with Crippen molar-refractivity contribution in [3.8, 4) is 0 Å². The molecule has 0 aromatic carbocycles. The quantitative estimate of drug-likeness (QED) is 0.881. The standard InChI is InChI=1S/C11H13N3OS/c1-8-10(16-7-13-8)5-12-9-3-4-11(15)14(2)6-9/h3-4,6-7,12H,5H2,1-2H3. The van der Waals surface area contributed by atoms with E-state index < -0.39 is 0 Å². The summed E-state index contributed by atoms with van der Waals surface area (Å²) < 4.78 is 1.56. The van der Waals surface area contributed by atoms with Crippen molar-refractivity contribution in [3.63, 3.8) is 0 Å². The van der Waals surface area contributed by atoms with Gasteiger partial charge in [0, 0.05) is 24.2 Å². The molecule has 2 rings (SSSR count). The molecule has 0 bridgehead atoms. The highest BCUT2D eigenvalue weighted by Crippen LogP contribution is 2.14. The van der Waals surface area contributed by atoms with Crippen LogP contribution in [0.25, 0.3) is 0 Å². The second kappa shape index (κ2) is 4.49. The van der Waals surface area contributed by atoms with Gasteiger partial charge in [-0.05, 0) is 13.0 Å². The molecule has 0 fully saturated rings. The van der Waals surface area contributed by atoms with E-state index in [1.165, 1.54) is 4.88 Å². The number of nitrogens with one attached hydrogen (secondary N) is 1. The number of hydrogen-bond donors (Lipinski definition) is 1. The smallest absolute Gasteiger partial charge is 0.250 e. The number of nitrogens with zero attached hydrogens (tertiary/aromatic N) is 2. The molecule has 0 amide bonds. The second-order valence-electron chi connectivity index (χ2n) is 3.58. The van der Waals surface area contributed by atoms with Crippen LogP contribution in [0.5, 0.6) is 0 Å². The van der Waals surface area contributed by atoms with Crippen LogP contribution < -0.4 is 10.9 Å². The third kappa shape index (κ3) is 2.30. The molecule has 0 aliphatic rings. The molecule has 84 valence electrons. The van der Waals surface area contributed by atoms with Gasteiger partial charge in [0.2, 0.25) is 5.56 Å². The summed E-state index contributed by atoms with van der Waals surface area (Å²) in [6.45, 7) is 2.74. The lowest BCUT2D eigenvalue weighted by Gasteiger charge is -2.06. The molecule has 0 atom stereocenters. The molecule has 1 N–H and O–H groups in total. The van der Waals surface area contributed by atoms with Crippen LogP contribution in [0.1, 0.15) is 10.6 Å². The maximum absolute atomic E-state index is 11.2. The predicted molar refractivity (Wildman–Crippen MR) is 65.9 cm³/mol. The summed E-state index contributed by atoms with van der Waals surface area (Å²) in [5.74, 6) is 0. The largest absolute Gasteiger partial charge is 0.379 e. The lowest BCUT2D eigenvalue weighted by molar-refractivity contribution is 0.859. The van der Waals surface area contributed by atoms with Crippen molar-refractivity contribution in [2.75, 3.05) is 5.32 Å². The van der Waals surface area contributed by atoms with Crippen molar-refractivity contribution >= 4 is 17.0 Å². The van der Waals surface area contributed by atoms with Crippen LogP contribution in [0.3, 0.4) is 0 Å². The molecule has 0 saturated heterocycles. The molecular formula is C11H13N3OS. The number of anilines is 1. The van der Waals surface area contributed by atoms with Gasteiger partial charge in [-0.1, -0.05) is 0 Å². The van der Waals surface area contributed by atoms with E-state index in [1.54, 1.807) is 41.3 Å². The average Bonchev–Trinajstić information content (AvgIpc) is 2.66. The van der Waals surface area contributed by atoms with E-state index in [-0.39, 0.29) is 5.56 Å². The molecule has 5 heteroatoms. The fraction of sp³-hybridized carbons (Fsp3) is 0.273. The lowest BCUT2D eigenvalue weighted by Crippen LogP contribution is -2.15. The molecule has 0 unspecified atom stereocenters. The summed E-state index contributed by atoms with van der Waals surface area (Å²) in [7, 11) is 1.74. The zero-order valence-electron chi connectivity index (χ0n) is 9.23. The third-order valence-electron chi connectivity index (χ3n) is 2.38. The molecule has 0 radical (unpaired) electrons. The van der Waals surface area contributed by atoms with Gasteiger partial charge in [-0.3, -0.25) is 4.79 Å². The number of thiazole rings is 1. The molecule has 0 spiro atoms. The molecule has 0 saturated carbocycles. The van der Waals surface area contributed by atoms with Gasteiger partial charge in [0.1, 0.15) is 0 Å². The SMILES string of the molecule is Cc1ncsc1CNc1ccc(=O)n(C)c1. The number of aryl methyl sites for hydroxylation is 2. The Kier molecular flexibility index (Phi) is 3.05. The molecular weight excluding hydrogens is 222 g/mol. The minimum Gasteiger partial charge on any atom is -0.379 e. The van der Waals surface area contributed by atoms with Crippen molar-refractivity contribution in [3.05, 3.63) is 44.8 Å². The number of hydrogen-bond acceptors (Lipinski definition) is 4. The highest BCUT2D eigenvalue weighted by atomic mass is 32.1. The first-order valence-electron chi connectivity index (χ1n) is 4.96. The predicted octanol–water partition coefficient (Wildman–Crippen LogP) is 1.76. The van der Waals surface area contributed by atoms with Gasteiger partial charge in [-0.15, -0.1) is 11.3 Å². The Morgan fingerprint density at radius 3 is 2.94 bits per heavy atom. The monoisotopic (exact) mass is 235 g/mol. The highest BCUT2D eigenvalue weighted by Gasteiger charge is 2.01. The molecule has 16 heavy (non-hydrogen) atoms. The number of pyridine rings is 1. The Hall–Kier alpha value is -1.62. The lowest BCUT2D eigenvalue weighted by atomic mass is 10.3. The van der Waals surface area contributed by atoms with Crippen molar-refractivity contribution in [1.82, 2.24) is 9.55 Å². The average molecular weight is 235 g/mol. The van der Waals surface area contributed by atoms with Crippen LogP contribution in [0.2, 0.25) is 0 Å². The Labute approximate surface area is 97.6 Å². The van der Waals surface area contributed by atoms with Crippen LogP contribution >= 0.6 is 11.3 Å². The van der Waals surface area contributed by atoms with E-state index in [0.717, 1.165) is 17.9 Å². The van der Waals surface area contributed by atoms with Crippen LogP contribution in [0.4, 0.5) is 5.69 Å². The fourth-order valence-electron chi connectivity index (χ4n) is 1.38. The van der Waals surface area contributed by atoms with Gasteiger partial charge in [-0.25, -0.2) is 4.98 Å². The summed E-state index contributed by atoms with van der Waals surface area (Å²) in [5, 5.41) is 3.27. The van der Waals surface area contributed by atoms with Crippen LogP contribution in [-0.4, -0.2) is 9.55 Å². The van der Waals surface area contributed by atoms with Crippen molar-refractivity contribution in [1.29, 1.82) is 0 Å². The topological polar surface area (TPSA) is 46.9 Å². The van der Waals surface area contributed by atoms with E-state index in [2.05, 4.69) is 10.3 Å². The fourth-order valence-corrected chi connectivity index (χ4v) is 2.09. The minimum atomic E-state index is -0.000444. The third-order valence-corrected chi connectivity index (χ3v) is 3.32. The Bertz CT molecular complexity index is 544. The van der Waals surface area contributed by atoms with Gasteiger partial charge in [0.15, 0.2) is 0 Å². The van der Waals surface area contributed by atoms with Gasteiger partial charge >= 0.3 is 0 Å². The van der Waals surface area contributed by atoms with Crippen molar-refractivity contribution in [2.24, 2.45) is 7.05 Å². The first kappa shape index (κ1) is 10.9. The number of aromatic nitrogens is 2. The molecule has 0 aliphatic carbocycles. The Balaban J connectivity index is 2.08. The highest BCUT2D eigenvalue weighted by molar-refractivity contribution is 7.09. The summed E-state index contributed by atoms with van der Waals surface area (Å²) in [6.07, 6.45) is 1.79. The van der Waals surface area contributed by atoms with Gasteiger partial charge in [-0.2, -0.15) is 0 Å².